The number of aromatic nitrogens is 1. The Morgan fingerprint density at radius 3 is 2.72 bits per heavy atom. The molecule has 4 rings (SSSR count). The second-order valence-corrected chi connectivity index (χ2v) is 8.44. The van der Waals surface area contributed by atoms with Crippen molar-refractivity contribution in [2.24, 2.45) is 0 Å². The molecule has 3 nitrogen and oxygen atoms in total. The van der Waals surface area contributed by atoms with Gasteiger partial charge in [0.1, 0.15) is 5.01 Å². The van der Waals surface area contributed by atoms with Gasteiger partial charge in [-0.05, 0) is 48.3 Å². The van der Waals surface area contributed by atoms with Crippen molar-refractivity contribution >= 4 is 22.7 Å². The summed E-state index contributed by atoms with van der Waals surface area (Å²) in [7, 11) is 0. The Kier molecular flexibility index (Phi) is 5.57. The van der Waals surface area contributed by atoms with E-state index in [0.29, 0.717) is 6.04 Å². The van der Waals surface area contributed by atoms with Crippen molar-refractivity contribution in [2.45, 2.75) is 32.0 Å². The quantitative estimate of drug-likeness (QED) is 0.687. The summed E-state index contributed by atoms with van der Waals surface area (Å²) in [5, 5.41) is 9.20. The summed E-state index contributed by atoms with van der Waals surface area (Å²) in [5.74, 6) is 0. The number of nitrogens with zero attached hydrogens (tertiary/aromatic N) is 2. The highest BCUT2D eigenvalue weighted by Crippen LogP contribution is 2.28. The van der Waals surface area contributed by atoms with Gasteiger partial charge in [-0.25, -0.2) is 4.98 Å². The smallest absolute Gasteiger partial charge is 0.107 e. The first kappa shape index (κ1) is 16.9. The molecule has 1 fully saturated rings. The minimum atomic E-state index is 0.612. The van der Waals surface area contributed by atoms with Crippen molar-refractivity contribution in [3.8, 4) is 10.4 Å². The standard InChI is InChI=1S/C20H23N3S2/c1-2-4-16(5-3-1)14-23-9-6-18(7-10-23)21-13-20-22-12-19(25-20)17-8-11-24-15-17/h1-5,8,11-12,15,18,21H,6-7,9-10,13-14H2. The van der Waals surface area contributed by atoms with Gasteiger partial charge < -0.3 is 5.32 Å². The summed E-state index contributed by atoms with van der Waals surface area (Å²) in [6, 6.07) is 13.6. The van der Waals surface area contributed by atoms with Crippen LogP contribution in [0.1, 0.15) is 23.4 Å². The van der Waals surface area contributed by atoms with Crippen LogP contribution in [0.5, 0.6) is 0 Å². The van der Waals surface area contributed by atoms with Crippen LogP contribution in [0.2, 0.25) is 0 Å². The molecule has 0 unspecified atom stereocenters. The topological polar surface area (TPSA) is 28.2 Å². The maximum atomic E-state index is 4.58. The van der Waals surface area contributed by atoms with E-state index in [1.807, 2.05) is 6.20 Å². The summed E-state index contributed by atoms with van der Waals surface area (Å²) in [5.41, 5.74) is 2.71. The zero-order valence-corrected chi connectivity index (χ0v) is 15.9. The highest BCUT2D eigenvalue weighted by Gasteiger charge is 2.19. The van der Waals surface area contributed by atoms with Gasteiger partial charge in [0.2, 0.25) is 0 Å². The van der Waals surface area contributed by atoms with Gasteiger partial charge in [-0.2, -0.15) is 11.3 Å². The number of thiophene rings is 1. The maximum Gasteiger partial charge on any atom is 0.107 e. The summed E-state index contributed by atoms with van der Waals surface area (Å²) in [6.07, 6.45) is 4.44. The van der Waals surface area contributed by atoms with Gasteiger partial charge in [0.15, 0.2) is 0 Å². The van der Waals surface area contributed by atoms with E-state index >= 15 is 0 Å². The van der Waals surface area contributed by atoms with E-state index in [-0.39, 0.29) is 0 Å². The second kappa shape index (κ2) is 8.23. The van der Waals surface area contributed by atoms with Crippen molar-refractivity contribution in [3.63, 3.8) is 0 Å². The van der Waals surface area contributed by atoms with Crippen molar-refractivity contribution in [2.75, 3.05) is 13.1 Å². The lowest BCUT2D eigenvalue weighted by molar-refractivity contribution is 0.190. The normalized spacial score (nSPS) is 16.3. The lowest BCUT2D eigenvalue weighted by Gasteiger charge is -2.32. The molecule has 0 aliphatic carbocycles. The molecule has 3 aromatic rings. The molecular weight excluding hydrogens is 346 g/mol. The summed E-state index contributed by atoms with van der Waals surface area (Å²) >= 11 is 3.54. The zero-order chi connectivity index (χ0) is 16.9. The minimum absolute atomic E-state index is 0.612. The van der Waals surface area contributed by atoms with E-state index < -0.39 is 0 Å². The van der Waals surface area contributed by atoms with Crippen LogP contribution in [0, 0.1) is 0 Å². The lowest BCUT2D eigenvalue weighted by Crippen LogP contribution is -2.41. The molecule has 0 spiro atoms. The average molecular weight is 370 g/mol. The van der Waals surface area contributed by atoms with Gasteiger partial charge in [-0.3, -0.25) is 4.90 Å². The molecule has 130 valence electrons. The molecule has 0 atom stereocenters. The van der Waals surface area contributed by atoms with Gasteiger partial charge >= 0.3 is 0 Å². The van der Waals surface area contributed by atoms with Crippen molar-refractivity contribution in [1.29, 1.82) is 0 Å². The Morgan fingerprint density at radius 1 is 1.12 bits per heavy atom. The van der Waals surface area contributed by atoms with Crippen molar-refractivity contribution in [3.05, 3.63) is 63.9 Å². The van der Waals surface area contributed by atoms with Gasteiger partial charge in [-0.15, -0.1) is 11.3 Å². The van der Waals surface area contributed by atoms with Crippen LogP contribution in [0.3, 0.4) is 0 Å². The summed E-state index contributed by atoms with van der Waals surface area (Å²) in [6.45, 7) is 4.30. The number of hydrogen-bond acceptors (Lipinski definition) is 5. The lowest BCUT2D eigenvalue weighted by atomic mass is 10.0. The van der Waals surface area contributed by atoms with Crippen LogP contribution < -0.4 is 5.32 Å². The van der Waals surface area contributed by atoms with E-state index in [9.17, 15) is 0 Å². The number of piperidine rings is 1. The fourth-order valence-electron chi connectivity index (χ4n) is 3.30. The highest BCUT2D eigenvalue weighted by atomic mass is 32.1. The summed E-state index contributed by atoms with van der Waals surface area (Å²) in [4.78, 5) is 8.41. The fourth-order valence-corrected chi connectivity index (χ4v) is 4.89. The monoisotopic (exact) mass is 369 g/mol. The maximum absolute atomic E-state index is 4.58. The molecule has 0 bridgehead atoms. The molecule has 5 heteroatoms. The largest absolute Gasteiger partial charge is 0.308 e. The zero-order valence-electron chi connectivity index (χ0n) is 14.2. The predicted octanol–water partition coefficient (Wildman–Crippen LogP) is 4.63. The number of likely N-dealkylation sites (tertiary alicyclic amines) is 1. The number of rotatable bonds is 6. The fraction of sp³-hybridized carbons (Fsp3) is 0.350. The highest BCUT2D eigenvalue weighted by molar-refractivity contribution is 7.15. The van der Waals surface area contributed by atoms with Crippen LogP contribution in [0.25, 0.3) is 10.4 Å². The molecule has 0 amide bonds. The van der Waals surface area contributed by atoms with Gasteiger partial charge in [-0.1, -0.05) is 30.3 Å². The van der Waals surface area contributed by atoms with Gasteiger partial charge in [0.25, 0.3) is 0 Å². The minimum Gasteiger partial charge on any atom is -0.308 e. The first-order valence-electron chi connectivity index (χ1n) is 8.84. The molecular formula is C20H23N3S2. The first-order chi connectivity index (χ1) is 12.4. The number of hydrogen-bond donors (Lipinski definition) is 1. The Hall–Kier alpha value is -1.53. The molecule has 1 N–H and O–H groups in total. The van der Waals surface area contributed by atoms with Crippen molar-refractivity contribution < 1.29 is 0 Å². The first-order valence-corrected chi connectivity index (χ1v) is 10.6. The van der Waals surface area contributed by atoms with E-state index in [1.54, 1.807) is 22.7 Å². The third kappa shape index (κ3) is 4.55. The van der Waals surface area contributed by atoms with Crippen LogP contribution in [0.4, 0.5) is 0 Å². The third-order valence-corrected chi connectivity index (χ3v) is 6.47. The van der Waals surface area contributed by atoms with Crippen LogP contribution in [0.15, 0.2) is 53.4 Å². The predicted molar refractivity (Wildman–Crippen MR) is 107 cm³/mol. The molecule has 1 aromatic carbocycles. The SMILES string of the molecule is c1ccc(CN2CCC(NCc3ncc(-c4ccsc4)s3)CC2)cc1. The third-order valence-electron chi connectivity index (χ3n) is 4.74. The van der Waals surface area contributed by atoms with Gasteiger partial charge in [0.05, 0.1) is 4.88 Å². The van der Waals surface area contributed by atoms with Gasteiger partial charge in [0, 0.05) is 30.9 Å². The number of thiazole rings is 1. The van der Waals surface area contributed by atoms with E-state index in [2.05, 4.69) is 62.4 Å². The van der Waals surface area contributed by atoms with E-state index in [1.165, 1.54) is 46.9 Å². The second-order valence-electron chi connectivity index (χ2n) is 6.55. The number of nitrogens with one attached hydrogen (secondary N) is 1. The Balaban J connectivity index is 1.23. The van der Waals surface area contributed by atoms with E-state index in [4.69, 9.17) is 0 Å². The Bertz CT molecular complexity index is 759. The molecule has 2 aromatic heterocycles. The van der Waals surface area contributed by atoms with Crippen LogP contribution in [-0.4, -0.2) is 29.0 Å². The molecule has 1 aliphatic heterocycles. The van der Waals surface area contributed by atoms with Crippen LogP contribution >= 0.6 is 22.7 Å². The summed E-state index contributed by atoms with van der Waals surface area (Å²) < 4.78 is 0. The molecule has 3 heterocycles. The number of benzene rings is 1. The molecule has 0 saturated carbocycles. The molecule has 25 heavy (non-hydrogen) atoms. The molecule has 1 aliphatic rings. The van der Waals surface area contributed by atoms with Crippen LogP contribution in [-0.2, 0) is 13.1 Å². The molecule has 0 radical (unpaired) electrons. The Labute approximate surface area is 157 Å². The Morgan fingerprint density at radius 2 is 1.96 bits per heavy atom. The van der Waals surface area contributed by atoms with Crippen molar-refractivity contribution in [1.82, 2.24) is 15.2 Å². The molecule has 1 saturated heterocycles. The van der Waals surface area contributed by atoms with E-state index in [0.717, 1.165) is 13.1 Å². The average Bonchev–Trinajstić information content (AvgIpc) is 3.34.